The molecule has 2 unspecified atom stereocenters. The van der Waals surface area contributed by atoms with Crippen molar-refractivity contribution in [2.75, 3.05) is 12.8 Å². The normalized spacial score (nSPS) is 15.3. The Labute approximate surface area is 116 Å². The fourth-order valence-corrected chi connectivity index (χ4v) is 2.44. The second-order valence-corrected chi connectivity index (χ2v) is 7.04. The zero-order chi connectivity index (χ0) is 15.1. The summed E-state index contributed by atoms with van der Waals surface area (Å²) >= 11 is 0. The molecule has 7 heteroatoms. The number of rotatable bonds is 9. The first-order valence-corrected chi connectivity index (χ1v) is 8.48. The highest BCUT2D eigenvalue weighted by Gasteiger charge is 2.23. The van der Waals surface area contributed by atoms with Gasteiger partial charge >= 0.3 is 0 Å². The summed E-state index contributed by atoms with van der Waals surface area (Å²) in [6.07, 6.45) is 2.29. The lowest BCUT2D eigenvalue weighted by Crippen LogP contribution is -2.48. The van der Waals surface area contributed by atoms with Gasteiger partial charge < -0.3 is 10.4 Å². The third-order valence-corrected chi connectivity index (χ3v) is 3.23. The molecule has 0 rings (SSSR count). The molecular formula is C12H26N2O4S. The van der Waals surface area contributed by atoms with E-state index in [2.05, 4.69) is 10.0 Å². The highest BCUT2D eigenvalue weighted by molar-refractivity contribution is 7.88. The molecule has 0 aromatic carbocycles. The summed E-state index contributed by atoms with van der Waals surface area (Å²) in [5.74, 6) is -0.208. The number of nitrogens with one attached hydrogen (secondary N) is 2. The maximum absolute atomic E-state index is 11.9. The van der Waals surface area contributed by atoms with Crippen LogP contribution in [0.5, 0.6) is 0 Å². The van der Waals surface area contributed by atoms with E-state index in [-0.39, 0.29) is 12.5 Å². The molecular weight excluding hydrogens is 268 g/mol. The molecule has 114 valence electrons. The molecule has 0 fully saturated rings. The molecule has 0 saturated carbocycles. The van der Waals surface area contributed by atoms with E-state index >= 15 is 0 Å². The average Bonchev–Trinajstić information content (AvgIpc) is 2.22. The van der Waals surface area contributed by atoms with Gasteiger partial charge in [-0.25, -0.2) is 13.1 Å². The van der Waals surface area contributed by atoms with Crippen LogP contribution in [0.15, 0.2) is 0 Å². The summed E-state index contributed by atoms with van der Waals surface area (Å²) in [6.45, 7) is 5.91. The lowest BCUT2D eigenvalue weighted by Gasteiger charge is -2.20. The Bertz CT molecular complexity index is 368. The topological polar surface area (TPSA) is 95.5 Å². The molecule has 0 aliphatic carbocycles. The Morgan fingerprint density at radius 2 is 1.89 bits per heavy atom. The van der Waals surface area contributed by atoms with Crippen molar-refractivity contribution in [3.63, 3.8) is 0 Å². The average molecular weight is 294 g/mol. The lowest BCUT2D eigenvalue weighted by atomic mass is 10.0. The van der Waals surface area contributed by atoms with Crippen molar-refractivity contribution in [2.24, 2.45) is 5.92 Å². The maximum Gasteiger partial charge on any atom is 0.238 e. The van der Waals surface area contributed by atoms with Crippen LogP contribution in [0.1, 0.15) is 40.0 Å². The summed E-state index contributed by atoms with van der Waals surface area (Å²) in [4.78, 5) is 11.9. The number of amides is 1. The van der Waals surface area contributed by atoms with Crippen LogP contribution in [0.2, 0.25) is 0 Å². The van der Waals surface area contributed by atoms with Crippen molar-refractivity contribution in [1.29, 1.82) is 0 Å². The summed E-state index contributed by atoms with van der Waals surface area (Å²) in [5.41, 5.74) is 0. The van der Waals surface area contributed by atoms with Gasteiger partial charge in [0.15, 0.2) is 0 Å². The van der Waals surface area contributed by atoms with Crippen LogP contribution in [-0.4, -0.2) is 44.4 Å². The number of aliphatic hydroxyl groups is 1. The molecule has 0 heterocycles. The molecule has 0 saturated heterocycles. The first-order chi connectivity index (χ1) is 8.65. The van der Waals surface area contributed by atoms with Crippen molar-refractivity contribution >= 4 is 15.9 Å². The third-order valence-electron chi connectivity index (χ3n) is 2.51. The van der Waals surface area contributed by atoms with Gasteiger partial charge in [-0.1, -0.05) is 27.2 Å². The van der Waals surface area contributed by atoms with Crippen LogP contribution >= 0.6 is 0 Å². The molecule has 3 N–H and O–H groups in total. The van der Waals surface area contributed by atoms with E-state index < -0.39 is 28.1 Å². The van der Waals surface area contributed by atoms with Gasteiger partial charge in [-0.3, -0.25) is 4.79 Å². The first kappa shape index (κ1) is 18.3. The second-order valence-electron chi connectivity index (χ2n) is 5.26. The Morgan fingerprint density at radius 3 is 2.32 bits per heavy atom. The number of carbonyl (C=O) groups is 1. The molecule has 0 aromatic rings. The summed E-state index contributed by atoms with van der Waals surface area (Å²) in [7, 11) is -3.44. The van der Waals surface area contributed by atoms with Crippen molar-refractivity contribution in [3.8, 4) is 0 Å². The first-order valence-electron chi connectivity index (χ1n) is 6.58. The zero-order valence-electron chi connectivity index (χ0n) is 12.1. The van der Waals surface area contributed by atoms with Crippen molar-refractivity contribution in [3.05, 3.63) is 0 Å². The molecule has 2 atom stereocenters. The van der Waals surface area contributed by atoms with E-state index in [1.165, 1.54) is 0 Å². The van der Waals surface area contributed by atoms with Crippen molar-refractivity contribution < 1.29 is 18.3 Å². The van der Waals surface area contributed by atoms with E-state index in [0.717, 1.165) is 12.7 Å². The van der Waals surface area contributed by atoms with Gasteiger partial charge in [0.1, 0.15) is 6.04 Å². The SMILES string of the molecule is CCCC(O)CNC(=O)C(CC(C)C)NS(C)(=O)=O. The highest BCUT2D eigenvalue weighted by Crippen LogP contribution is 2.06. The van der Waals surface area contributed by atoms with Gasteiger partial charge in [0.05, 0.1) is 12.4 Å². The number of sulfonamides is 1. The molecule has 0 aliphatic heterocycles. The van der Waals surface area contributed by atoms with Gasteiger partial charge in [-0.15, -0.1) is 0 Å². The fraction of sp³-hybridized carbons (Fsp3) is 0.917. The van der Waals surface area contributed by atoms with Crippen molar-refractivity contribution in [1.82, 2.24) is 10.0 Å². The molecule has 19 heavy (non-hydrogen) atoms. The van der Waals surface area contributed by atoms with Gasteiger partial charge in [0.2, 0.25) is 15.9 Å². The molecule has 0 bridgehead atoms. The van der Waals surface area contributed by atoms with Gasteiger partial charge in [-0.05, 0) is 18.8 Å². The zero-order valence-corrected chi connectivity index (χ0v) is 13.0. The van der Waals surface area contributed by atoms with Gasteiger partial charge in [-0.2, -0.15) is 0 Å². The molecule has 1 amide bonds. The highest BCUT2D eigenvalue weighted by atomic mass is 32.2. The summed E-state index contributed by atoms with van der Waals surface area (Å²) in [6, 6.07) is -0.788. The number of aliphatic hydroxyl groups excluding tert-OH is 1. The van der Waals surface area contributed by atoms with E-state index in [1.54, 1.807) is 0 Å². The standard InChI is InChI=1S/C12H26N2O4S/c1-5-6-10(15)8-13-12(16)11(7-9(2)3)14-19(4,17)18/h9-11,14-15H,5-8H2,1-4H3,(H,13,16). The molecule has 0 spiro atoms. The monoisotopic (exact) mass is 294 g/mol. The van der Waals surface area contributed by atoms with Crippen LogP contribution in [0.25, 0.3) is 0 Å². The predicted octanol–water partition coefficient (Wildman–Crippen LogP) is 0.228. The van der Waals surface area contributed by atoms with E-state index in [9.17, 15) is 18.3 Å². The van der Waals surface area contributed by atoms with Crippen LogP contribution in [0.3, 0.4) is 0 Å². The molecule has 0 aromatic heterocycles. The van der Waals surface area contributed by atoms with E-state index in [0.29, 0.717) is 12.8 Å². The fourth-order valence-electron chi connectivity index (χ4n) is 1.72. The number of carbonyl (C=O) groups excluding carboxylic acids is 1. The maximum atomic E-state index is 11.9. The van der Waals surface area contributed by atoms with E-state index in [4.69, 9.17) is 0 Å². The van der Waals surface area contributed by atoms with Gasteiger partial charge in [0.25, 0.3) is 0 Å². The molecule has 0 radical (unpaired) electrons. The second kappa shape index (κ2) is 8.50. The molecule has 6 nitrogen and oxygen atoms in total. The quantitative estimate of drug-likeness (QED) is 0.567. The van der Waals surface area contributed by atoms with Gasteiger partial charge in [0, 0.05) is 6.54 Å². The minimum atomic E-state index is -3.44. The third kappa shape index (κ3) is 9.86. The van der Waals surface area contributed by atoms with Crippen LogP contribution in [-0.2, 0) is 14.8 Å². The van der Waals surface area contributed by atoms with Crippen LogP contribution in [0, 0.1) is 5.92 Å². The summed E-state index contributed by atoms with van der Waals surface area (Å²) < 4.78 is 24.8. The molecule has 0 aliphatic rings. The van der Waals surface area contributed by atoms with Crippen LogP contribution < -0.4 is 10.0 Å². The lowest BCUT2D eigenvalue weighted by molar-refractivity contribution is -0.123. The Balaban J connectivity index is 4.46. The summed E-state index contributed by atoms with van der Waals surface area (Å²) in [5, 5.41) is 12.1. The van der Waals surface area contributed by atoms with Crippen LogP contribution in [0.4, 0.5) is 0 Å². The smallest absolute Gasteiger partial charge is 0.238 e. The number of hydrogen-bond acceptors (Lipinski definition) is 4. The minimum Gasteiger partial charge on any atom is -0.391 e. The minimum absolute atomic E-state index is 0.146. The van der Waals surface area contributed by atoms with E-state index in [1.807, 2.05) is 20.8 Å². The Hall–Kier alpha value is -0.660. The largest absolute Gasteiger partial charge is 0.391 e. The van der Waals surface area contributed by atoms with Crippen molar-refractivity contribution in [2.45, 2.75) is 52.2 Å². The Morgan fingerprint density at radius 1 is 1.32 bits per heavy atom. The Kier molecular flexibility index (Phi) is 8.20. The predicted molar refractivity (Wildman–Crippen MR) is 75.1 cm³/mol. The number of hydrogen-bond donors (Lipinski definition) is 3.